The molecule has 0 fully saturated rings. The summed E-state index contributed by atoms with van der Waals surface area (Å²) in [6.07, 6.45) is 3.79. The Balaban J connectivity index is 2.76. The Morgan fingerprint density at radius 2 is 1.87 bits per heavy atom. The molecule has 0 aliphatic heterocycles. The van der Waals surface area contributed by atoms with E-state index in [1.807, 2.05) is 24.5 Å². The van der Waals surface area contributed by atoms with E-state index in [2.05, 4.69) is 37.7 Å². The molecule has 15 heavy (non-hydrogen) atoms. The Kier molecular flexibility index (Phi) is 2.22. The highest BCUT2D eigenvalue weighted by molar-refractivity contribution is 5.78. The van der Waals surface area contributed by atoms with Gasteiger partial charge >= 0.3 is 0 Å². The van der Waals surface area contributed by atoms with Gasteiger partial charge in [0, 0.05) is 12.4 Å². The first-order valence-electron chi connectivity index (χ1n) is 5.21. The highest BCUT2D eigenvalue weighted by atomic mass is 14.7. The topological polar surface area (TPSA) is 25.8 Å². The lowest BCUT2D eigenvalue weighted by molar-refractivity contribution is 0.584. The van der Waals surface area contributed by atoms with Crippen LogP contribution in [0.25, 0.3) is 11.0 Å². The van der Waals surface area contributed by atoms with Crippen LogP contribution in [-0.4, -0.2) is 9.97 Å². The number of pyridine rings is 2. The first kappa shape index (κ1) is 10.1. The number of hydrogen-bond donors (Lipinski definition) is 0. The van der Waals surface area contributed by atoms with Crippen LogP contribution in [0.5, 0.6) is 0 Å². The van der Waals surface area contributed by atoms with Crippen LogP contribution in [0, 0.1) is 6.92 Å². The van der Waals surface area contributed by atoms with Gasteiger partial charge in [-0.3, -0.25) is 9.97 Å². The lowest BCUT2D eigenvalue weighted by atomic mass is 9.85. The summed E-state index contributed by atoms with van der Waals surface area (Å²) in [4.78, 5) is 8.84. The van der Waals surface area contributed by atoms with Crippen LogP contribution in [0.1, 0.15) is 31.9 Å². The molecular weight excluding hydrogens is 184 g/mol. The second-order valence-corrected chi connectivity index (χ2v) is 4.92. The molecule has 2 heterocycles. The van der Waals surface area contributed by atoms with Crippen LogP contribution in [0.4, 0.5) is 0 Å². The number of fused-ring (bicyclic) bond motifs is 1. The van der Waals surface area contributed by atoms with Gasteiger partial charge in [0.05, 0.1) is 11.0 Å². The smallest absolute Gasteiger partial charge is 0.0918 e. The fourth-order valence-electron chi connectivity index (χ4n) is 1.90. The Morgan fingerprint density at radius 1 is 1.13 bits per heavy atom. The van der Waals surface area contributed by atoms with Crippen molar-refractivity contribution < 1.29 is 0 Å². The van der Waals surface area contributed by atoms with Gasteiger partial charge in [-0.15, -0.1) is 0 Å². The van der Waals surface area contributed by atoms with Crippen molar-refractivity contribution in [1.29, 1.82) is 0 Å². The highest BCUT2D eigenvalue weighted by Gasteiger charge is 2.18. The minimum atomic E-state index is 0.128. The molecule has 2 aromatic rings. The van der Waals surface area contributed by atoms with Gasteiger partial charge in [-0.05, 0) is 35.6 Å². The zero-order valence-corrected chi connectivity index (χ0v) is 9.70. The number of aryl methyl sites for hydroxylation is 1. The zero-order chi connectivity index (χ0) is 11.1. The average molecular weight is 200 g/mol. The van der Waals surface area contributed by atoms with E-state index in [9.17, 15) is 0 Å². The molecule has 0 atom stereocenters. The molecule has 2 heteroatoms. The molecule has 78 valence electrons. The van der Waals surface area contributed by atoms with E-state index in [-0.39, 0.29) is 5.41 Å². The predicted molar refractivity (Wildman–Crippen MR) is 63.0 cm³/mol. The molecule has 0 aliphatic rings. The lowest BCUT2D eigenvalue weighted by Gasteiger charge is -2.21. The number of aromatic nitrogens is 2. The summed E-state index contributed by atoms with van der Waals surface area (Å²) >= 11 is 0. The first-order valence-corrected chi connectivity index (χ1v) is 5.21. The third-order valence-electron chi connectivity index (χ3n) is 2.69. The van der Waals surface area contributed by atoms with E-state index < -0.39 is 0 Å². The zero-order valence-electron chi connectivity index (χ0n) is 9.70. The molecule has 0 unspecified atom stereocenters. The van der Waals surface area contributed by atoms with Crippen molar-refractivity contribution in [2.75, 3.05) is 0 Å². The van der Waals surface area contributed by atoms with E-state index in [0.29, 0.717) is 0 Å². The molecule has 0 saturated carbocycles. The van der Waals surface area contributed by atoms with Gasteiger partial charge in [-0.2, -0.15) is 0 Å². The summed E-state index contributed by atoms with van der Waals surface area (Å²) in [5.41, 5.74) is 4.64. The van der Waals surface area contributed by atoms with Crippen molar-refractivity contribution in [3.05, 3.63) is 35.7 Å². The van der Waals surface area contributed by atoms with Gasteiger partial charge in [-0.1, -0.05) is 20.8 Å². The third-order valence-corrected chi connectivity index (χ3v) is 2.69. The maximum Gasteiger partial charge on any atom is 0.0918 e. The molecular formula is C13H16N2. The van der Waals surface area contributed by atoms with Crippen LogP contribution >= 0.6 is 0 Å². The van der Waals surface area contributed by atoms with Crippen LogP contribution in [-0.2, 0) is 5.41 Å². The summed E-state index contributed by atoms with van der Waals surface area (Å²) in [7, 11) is 0. The van der Waals surface area contributed by atoms with E-state index in [0.717, 1.165) is 11.0 Å². The van der Waals surface area contributed by atoms with Crippen LogP contribution in [0.3, 0.4) is 0 Å². The molecule has 2 nitrogen and oxygen atoms in total. The molecule has 0 bridgehead atoms. The summed E-state index contributed by atoms with van der Waals surface area (Å²) in [5.74, 6) is 0. The quantitative estimate of drug-likeness (QED) is 0.652. The minimum Gasteiger partial charge on any atom is -0.254 e. The van der Waals surface area contributed by atoms with E-state index in [4.69, 9.17) is 0 Å². The van der Waals surface area contributed by atoms with Crippen LogP contribution in [0.2, 0.25) is 0 Å². The largest absolute Gasteiger partial charge is 0.254 e. The molecule has 0 saturated heterocycles. The van der Waals surface area contributed by atoms with E-state index >= 15 is 0 Å². The normalized spacial score (nSPS) is 12.0. The maximum absolute atomic E-state index is 4.45. The first-order chi connectivity index (χ1) is 7.00. The number of nitrogens with zero attached hydrogens (tertiary/aromatic N) is 2. The molecule has 0 spiro atoms. The van der Waals surface area contributed by atoms with Gasteiger partial charge in [-0.25, -0.2) is 0 Å². The second kappa shape index (κ2) is 3.30. The average Bonchev–Trinajstić information content (AvgIpc) is 2.16. The van der Waals surface area contributed by atoms with Gasteiger partial charge in [0.25, 0.3) is 0 Å². The van der Waals surface area contributed by atoms with Crippen molar-refractivity contribution in [1.82, 2.24) is 9.97 Å². The van der Waals surface area contributed by atoms with E-state index in [1.165, 1.54) is 11.1 Å². The lowest BCUT2D eigenvalue weighted by Crippen LogP contribution is -2.14. The third kappa shape index (κ3) is 1.72. The van der Waals surface area contributed by atoms with Crippen LogP contribution in [0.15, 0.2) is 24.5 Å². The van der Waals surface area contributed by atoms with Crippen LogP contribution < -0.4 is 0 Å². The Labute approximate surface area is 90.4 Å². The minimum absolute atomic E-state index is 0.128. The second-order valence-electron chi connectivity index (χ2n) is 4.92. The molecule has 0 N–H and O–H groups in total. The Bertz CT molecular complexity index is 495. The molecule has 0 radical (unpaired) electrons. The predicted octanol–water partition coefficient (Wildman–Crippen LogP) is 3.24. The standard InChI is InChI=1S/C13H16N2/c1-9-10(13(2,3)4)8-15-11-6-5-7-14-12(9)11/h5-8H,1-4H3. The van der Waals surface area contributed by atoms with Crippen molar-refractivity contribution in [3.8, 4) is 0 Å². The molecule has 0 aromatic carbocycles. The Hall–Kier alpha value is -1.44. The molecule has 0 aliphatic carbocycles. The van der Waals surface area contributed by atoms with Gasteiger partial charge in [0.15, 0.2) is 0 Å². The monoisotopic (exact) mass is 200 g/mol. The molecule has 2 aromatic heterocycles. The summed E-state index contributed by atoms with van der Waals surface area (Å²) in [5, 5.41) is 0. The number of rotatable bonds is 0. The summed E-state index contributed by atoms with van der Waals surface area (Å²) in [6, 6.07) is 3.92. The fraction of sp³-hybridized carbons (Fsp3) is 0.385. The number of hydrogen-bond acceptors (Lipinski definition) is 2. The van der Waals surface area contributed by atoms with Gasteiger partial charge in [0.2, 0.25) is 0 Å². The van der Waals surface area contributed by atoms with Crippen molar-refractivity contribution in [2.24, 2.45) is 0 Å². The Morgan fingerprint density at radius 3 is 2.53 bits per heavy atom. The highest BCUT2D eigenvalue weighted by Crippen LogP contribution is 2.28. The van der Waals surface area contributed by atoms with Crippen molar-refractivity contribution >= 4 is 11.0 Å². The fourth-order valence-corrected chi connectivity index (χ4v) is 1.90. The van der Waals surface area contributed by atoms with Gasteiger partial charge in [0.1, 0.15) is 0 Å². The van der Waals surface area contributed by atoms with Crippen molar-refractivity contribution in [2.45, 2.75) is 33.1 Å². The summed E-state index contributed by atoms with van der Waals surface area (Å²) in [6.45, 7) is 8.72. The van der Waals surface area contributed by atoms with E-state index in [1.54, 1.807) is 0 Å². The van der Waals surface area contributed by atoms with Gasteiger partial charge < -0.3 is 0 Å². The maximum atomic E-state index is 4.45. The molecule has 2 rings (SSSR count). The SMILES string of the molecule is Cc1c(C(C)(C)C)cnc2cccnc12. The summed E-state index contributed by atoms with van der Waals surface area (Å²) < 4.78 is 0. The van der Waals surface area contributed by atoms with Crippen molar-refractivity contribution in [3.63, 3.8) is 0 Å². The molecule has 0 amide bonds.